The van der Waals surface area contributed by atoms with Crippen LogP contribution in [0.15, 0.2) is 24.3 Å². The number of piperidine rings is 1. The predicted octanol–water partition coefficient (Wildman–Crippen LogP) is 3.05. The number of rotatable bonds is 3. The molecule has 1 aromatic rings. The number of nitrogens with zero attached hydrogens (tertiary/aromatic N) is 3. The maximum absolute atomic E-state index is 12.8. The van der Waals surface area contributed by atoms with Gasteiger partial charge in [0.05, 0.1) is 19.5 Å². The van der Waals surface area contributed by atoms with E-state index >= 15 is 0 Å². The van der Waals surface area contributed by atoms with Crippen LogP contribution in [0.25, 0.3) is 0 Å². The van der Waals surface area contributed by atoms with Gasteiger partial charge < -0.3 is 24.2 Å². The Bertz CT molecular complexity index is 853. The number of amides is 3. The zero-order chi connectivity index (χ0) is 23.5. The molecule has 8 heteroatoms. The van der Waals surface area contributed by atoms with E-state index in [1.165, 1.54) is 0 Å². The van der Waals surface area contributed by atoms with E-state index < -0.39 is 11.2 Å². The van der Waals surface area contributed by atoms with E-state index in [1.807, 2.05) is 49.9 Å². The molecule has 1 aromatic carbocycles. The van der Waals surface area contributed by atoms with Crippen molar-refractivity contribution in [3.8, 4) is 5.75 Å². The molecule has 1 spiro atoms. The van der Waals surface area contributed by atoms with Crippen LogP contribution in [0.1, 0.15) is 52.0 Å². The molecule has 2 aliphatic heterocycles. The number of carbonyl (C=O) groups is 3. The van der Waals surface area contributed by atoms with Gasteiger partial charge in [-0.2, -0.15) is 0 Å². The number of esters is 1. The number of carbonyl (C=O) groups excluding carboxylic acids is 3. The number of benzene rings is 1. The highest BCUT2D eigenvalue weighted by molar-refractivity contribution is 5.81. The summed E-state index contributed by atoms with van der Waals surface area (Å²) in [7, 11) is 3.50. The van der Waals surface area contributed by atoms with Crippen LogP contribution in [0.5, 0.6) is 5.75 Å². The lowest BCUT2D eigenvalue weighted by atomic mass is 9.90. The van der Waals surface area contributed by atoms with Gasteiger partial charge in [-0.05, 0) is 26.8 Å². The van der Waals surface area contributed by atoms with Gasteiger partial charge in [0.2, 0.25) is 5.91 Å². The number of urea groups is 1. The van der Waals surface area contributed by atoms with Gasteiger partial charge in [0.25, 0.3) is 0 Å². The third kappa shape index (κ3) is 5.93. The number of para-hydroxylation sites is 1. The third-order valence-corrected chi connectivity index (χ3v) is 5.78. The quantitative estimate of drug-likeness (QED) is 0.668. The summed E-state index contributed by atoms with van der Waals surface area (Å²) in [4.78, 5) is 42.6. The lowest BCUT2D eigenvalue weighted by molar-refractivity contribution is -0.156. The number of likely N-dealkylation sites (tertiary alicyclic amines) is 1. The summed E-state index contributed by atoms with van der Waals surface area (Å²) in [5.41, 5.74) is -0.114. The Balaban J connectivity index is 1.65. The second-order valence-electron chi connectivity index (χ2n) is 9.89. The molecule has 0 unspecified atom stereocenters. The number of hydrogen-bond acceptors (Lipinski definition) is 5. The maximum atomic E-state index is 12.8. The van der Waals surface area contributed by atoms with Crippen LogP contribution >= 0.6 is 0 Å². The second-order valence-corrected chi connectivity index (χ2v) is 9.89. The van der Waals surface area contributed by atoms with Crippen LogP contribution in [-0.2, 0) is 20.9 Å². The molecule has 1 fully saturated rings. The lowest BCUT2D eigenvalue weighted by Crippen LogP contribution is -2.56. The molecule has 3 rings (SSSR count). The summed E-state index contributed by atoms with van der Waals surface area (Å²) in [5.74, 6) is 0.382. The van der Waals surface area contributed by atoms with Crippen LogP contribution in [0.4, 0.5) is 4.79 Å². The van der Waals surface area contributed by atoms with Gasteiger partial charge in [0.1, 0.15) is 17.0 Å². The molecule has 2 aliphatic rings. The third-order valence-electron chi connectivity index (χ3n) is 5.78. The molecule has 32 heavy (non-hydrogen) atoms. The van der Waals surface area contributed by atoms with Crippen molar-refractivity contribution >= 4 is 17.9 Å². The van der Waals surface area contributed by atoms with E-state index in [1.54, 1.807) is 23.9 Å². The Labute approximate surface area is 190 Å². The molecule has 0 N–H and O–H groups in total. The van der Waals surface area contributed by atoms with Gasteiger partial charge in [-0.25, -0.2) is 4.79 Å². The van der Waals surface area contributed by atoms with E-state index in [2.05, 4.69) is 0 Å². The molecular weight excluding hydrogens is 410 g/mol. The van der Waals surface area contributed by atoms with Crippen molar-refractivity contribution in [2.75, 3.05) is 33.7 Å². The van der Waals surface area contributed by atoms with E-state index in [0.29, 0.717) is 39.0 Å². The van der Waals surface area contributed by atoms with Crippen LogP contribution in [0.3, 0.4) is 0 Å². The highest BCUT2D eigenvalue weighted by Gasteiger charge is 2.43. The van der Waals surface area contributed by atoms with Crippen LogP contribution in [-0.4, -0.2) is 77.5 Å². The minimum Gasteiger partial charge on any atom is -0.485 e. The smallest absolute Gasteiger partial charge is 0.319 e. The molecular formula is C24H35N3O5. The standard InChI is InChI=1S/C24H35N3O5/c1-23(2,3)32-21(29)11-10-20(28)26-14-12-24(13-15-26)17-27(22(30)25(4)5)16-18-8-6-7-9-19(18)31-24/h6-9H,10-17H2,1-5H3. The Morgan fingerprint density at radius 3 is 2.34 bits per heavy atom. The van der Waals surface area contributed by atoms with Crippen molar-refractivity contribution in [1.29, 1.82) is 0 Å². The fraction of sp³-hybridized carbons (Fsp3) is 0.625. The highest BCUT2D eigenvalue weighted by atomic mass is 16.6. The average molecular weight is 446 g/mol. The molecule has 0 radical (unpaired) electrons. The molecule has 0 saturated carbocycles. The molecule has 0 bridgehead atoms. The van der Waals surface area contributed by atoms with Crippen molar-refractivity contribution in [3.63, 3.8) is 0 Å². The SMILES string of the molecule is CN(C)C(=O)N1Cc2ccccc2OC2(CCN(C(=O)CCC(=O)OC(C)(C)C)CC2)C1. The van der Waals surface area contributed by atoms with E-state index in [4.69, 9.17) is 9.47 Å². The second kappa shape index (κ2) is 9.38. The average Bonchev–Trinajstić information content (AvgIpc) is 2.87. The van der Waals surface area contributed by atoms with Crippen molar-refractivity contribution in [2.24, 2.45) is 0 Å². The van der Waals surface area contributed by atoms with Crippen LogP contribution in [0, 0.1) is 0 Å². The van der Waals surface area contributed by atoms with Crippen LogP contribution in [0.2, 0.25) is 0 Å². The largest absolute Gasteiger partial charge is 0.485 e. The maximum Gasteiger partial charge on any atom is 0.319 e. The fourth-order valence-corrected chi connectivity index (χ4v) is 4.21. The Morgan fingerprint density at radius 1 is 1.06 bits per heavy atom. The summed E-state index contributed by atoms with van der Waals surface area (Å²) < 4.78 is 11.8. The van der Waals surface area contributed by atoms with Gasteiger partial charge in [-0.1, -0.05) is 18.2 Å². The number of hydrogen-bond donors (Lipinski definition) is 0. The summed E-state index contributed by atoms with van der Waals surface area (Å²) >= 11 is 0. The molecule has 176 valence electrons. The molecule has 8 nitrogen and oxygen atoms in total. The van der Waals surface area contributed by atoms with Gasteiger partial charge in [-0.3, -0.25) is 9.59 Å². The van der Waals surface area contributed by atoms with Crippen molar-refractivity contribution in [1.82, 2.24) is 14.7 Å². The molecule has 0 aromatic heterocycles. The normalized spacial score (nSPS) is 17.8. The Morgan fingerprint density at radius 2 is 1.72 bits per heavy atom. The Hall–Kier alpha value is -2.77. The van der Waals surface area contributed by atoms with Gasteiger partial charge in [0, 0.05) is 52.0 Å². The molecule has 0 aliphatic carbocycles. The van der Waals surface area contributed by atoms with E-state index in [0.717, 1.165) is 11.3 Å². The van der Waals surface area contributed by atoms with Crippen LogP contribution < -0.4 is 4.74 Å². The van der Waals surface area contributed by atoms with Crippen molar-refractivity contribution in [3.05, 3.63) is 29.8 Å². The Kier molecular flexibility index (Phi) is 7.00. The minimum absolute atomic E-state index is 0.0547. The molecule has 3 amide bonds. The zero-order valence-corrected chi connectivity index (χ0v) is 19.8. The molecule has 0 atom stereocenters. The first-order valence-corrected chi connectivity index (χ1v) is 11.2. The molecule has 2 heterocycles. The first-order valence-electron chi connectivity index (χ1n) is 11.2. The number of ether oxygens (including phenoxy) is 2. The summed E-state index contributed by atoms with van der Waals surface area (Å²) in [6.45, 7) is 7.45. The summed E-state index contributed by atoms with van der Waals surface area (Å²) in [6.07, 6.45) is 1.46. The first kappa shape index (κ1) is 23.9. The fourth-order valence-electron chi connectivity index (χ4n) is 4.21. The van der Waals surface area contributed by atoms with Crippen molar-refractivity contribution < 1.29 is 23.9 Å². The van der Waals surface area contributed by atoms with Crippen molar-refractivity contribution in [2.45, 2.75) is 64.2 Å². The van der Waals surface area contributed by atoms with E-state index in [-0.39, 0.29) is 30.7 Å². The molecule has 1 saturated heterocycles. The van der Waals surface area contributed by atoms with Gasteiger partial charge in [-0.15, -0.1) is 0 Å². The minimum atomic E-state index is -0.555. The van der Waals surface area contributed by atoms with Gasteiger partial charge in [0.15, 0.2) is 0 Å². The summed E-state index contributed by atoms with van der Waals surface area (Å²) in [6, 6.07) is 7.76. The summed E-state index contributed by atoms with van der Waals surface area (Å²) in [5, 5.41) is 0. The first-order chi connectivity index (χ1) is 15.0. The predicted molar refractivity (Wildman–Crippen MR) is 120 cm³/mol. The monoisotopic (exact) mass is 445 g/mol. The topological polar surface area (TPSA) is 79.4 Å². The lowest BCUT2D eigenvalue weighted by Gasteiger charge is -2.43. The van der Waals surface area contributed by atoms with E-state index in [9.17, 15) is 14.4 Å². The van der Waals surface area contributed by atoms with Gasteiger partial charge >= 0.3 is 12.0 Å². The zero-order valence-electron chi connectivity index (χ0n) is 19.8. The number of fused-ring (bicyclic) bond motifs is 1. The highest BCUT2D eigenvalue weighted by Crippen LogP contribution is 2.36.